The van der Waals surface area contributed by atoms with E-state index in [0.29, 0.717) is 0 Å². The highest BCUT2D eigenvalue weighted by Gasteiger charge is 2.12. The molecule has 1 aromatic rings. The highest BCUT2D eigenvalue weighted by atomic mass is 32.1. The van der Waals surface area contributed by atoms with Gasteiger partial charge in [0.05, 0.1) is 0 Å². The number of para-hydroxylation sites is 1. The molecule has 0 amide bonds. The monoisotopic (exact) mass is 233 g/mol. The first-order valence-corrected chi connectivity index (χ1v) is 6.64. The number of hydrogen-bond acceptors (Lipinski definition) is 2. The summed E-state index contributed by atoms with van der Waals surface area (Å²) >= 11 is 4.19. The summed E-state index contributed by atoms with van der Waals surface area (Å²) in [5.74, 6) is 0.829. The van der Waals surface area contributed by atoms with Gasteiger partial charge < -0.3 is 4.90 Å². The van der Waals surface area contributed by atoms with E-state index in [1.807, 2.05) is 0 Å². The molecule has 0 saturated carbocycles. The Morgan fingerprint density at radius 3 is 2.94 bits per heavy atom. The van der Waals surface area contributed by atoms with E-state index in [1.54, 1.807) is 0 Å². The van der Waals surface area contributed by atoms with Crippen molar-refractivity contribution in [2.24, 2.45) is 0 Å². The van der Waals surface area contributed by atoms with Gasteiger partial charge in [0.2, 0.25) is 0 Å². The van der Waals surface area contributed by atoms with Gasteiger partial charge in [-0.15, -0.1) is 0 Å². The summed E-state index contributed by atoms with van der Waals surface area (Å²) < 4.78 is 0. The van der Waals surface area contributed by atoms with Gasteiger partial charge in [-0.05, 0) is 30.9 Å². The van der Waals surface area contributed by atoms with Gasteiger partial charge in [0.1, 0.15) is 0 Å². The second-order valence-electron chi connectivity index (χ2n) is 4.19. The van der Waals surface area contributed by atoms with Crippen molar-refractivity contribution in [3.8, 4) is 0 Å². The van der Waals surface area contributed by atoms with E-state index < -0.39 is 0 Å². The van der Waals surface area contributed by atoms with Gasteiger partial charge in [0, 0.05) is 24.5 Å². The fraction of sp³-hybridized carbons (Fsp3) is 0.429. The predicted octanol–water partition coefficient (Wildman–Crippen LogP) is 3.32. The van der Waals surface area contributed by atoms with Gasteiger partial charge >= 0.3 is 0 Å². The van der Waals surface area contributed by atoms with Crippen LogP contribution in [0.15, 0.2) is 36.4 Å². The number of nitrogens with zero attached hydrogens (tertiary/aromatic N) is 1. The number of benzene rings is 1. The lowest BCUT2D eigenvalue weighted by atomic mass is 10.1. The highest BCUT2D eigenvalue weighted by molar-refractivity contribution is 7.80. The van der Waals surface area contributed by atoms with Crippen molar-refractivity contribution in [1.82, 2.24) is 0 Å². The van der Waals surface area contributed by atoms with Crippen LogP contribution in [0.5, 0.6) is 0 Å². The van der Waals surface area contributed by atoms with Crippen LogP contribution in [0.25, 0.3) is 0 Å². The van der Waals surface area contributed by atoms with E-state index in [9.17, 15) is 0 Å². The molecule has 0 spiro atoms. The van der Waals surface area contributed by atoms with E-state index >= 15 is 0 Å². The number of anilines is 1. The van der Waals surface area contributed by atoms with Crippen LogP contribution in [0.2, 0.25) is 0 Å². The third-order valence-corrected chi connectivity index (χ3v) is 3.27. The van der Waals surface area contributed by atoms with Crippen LogP contribution in [0.1, 0.15) is 18.4 Å². The lowest BCUT2D eigenvalue weighted by Crippen LogP contribution is -2.24. The maximum Gasteiger partial charge on any atom is 0.0401 e. The fourth-order valence-electron chi connectivity index (χ4n) is 2.24. The van der Waals surface area contributed by atoms with E-state index in [-0.39, 0.29) is 0 Å². The summed E-state index contributed by atoms with van der Waals surface area (Å²) in [6.45, 7) is 2.19. The Balaban J connectivity index is 2.15. The zero-order valence-electron chi connectivity index (χ0n) is 9.60. The molecule has 0 saturated heterocycles. The molecular weight excluding hydrogens is 214 g/mol. The molecule has 2 heteroatoms. The molecule has 16 heavy (non-hydrogen) atoms. The maximum absolute atomic E-state index is 4.19. The van der Waals surface area contributed by atoms with E-state index in [4.69, 9.17) is 0 Å². The molecule has 1 aliphatic rings. The Morgan fingerprint density at radius 1 is 1.19 bits per heavy atom. The fourth-order valence-corrected chi connectivity index (χ4v) is 2.38. The zero-order valence-corrected chi connectivity index (χ0v) is 10.5. The quantitative estimate of drug-likeness (QED) is 0.619. The Morgan fingerprint density at radius 2 is 2.06 bits per heavy atom. The Bertz CT molecular complexity index is 360. The van der Waals surface area contributed by atoms with E-state index in [2.05, 4.69) is 53.9 Å². The number of thiol groups is 1. The van der Waals surface area contributed by atoms with Gasteiger partial charge in [0.25, 0.3) is 0 Å². The number of aryl methyl sites for hydroxylation is 1. The lowest BCUT2D eigenvalue weighted by Gasteiger charge is -2.23. The van der Waals surface area contributed by atoms with Crippen LogP contribution in [-0.2, 0) is 6.42 Å². The SMILES string of the molecule is SCC=CCN1CCCCc2ccccc21. The molecule has 0 fully saturated rings. The average molecular weight is 233 g/mol. The third kappa shape index (κ3) is 2.82. The molecule has 1 aromatic carbocycles. The minimum absolute atomic E-state index is 0.829. The molecule has 0 unspecified atom stereocenters. The van der Waals surface area contributed by atoms with Crippen molar-refractivity contribution in [2.75, 3.05) is 23.7 Å². The van der Waals surface area contributed by atoms with Gasteiger partial charge in [-0.3, -0.25) is 0 Å². The number of fused-ring (bicyclic) bond motifs is 1. The smallest absolute Gasteiger partial charge is 0.0401 e. The first-order chi connectivity index (χ1) is 7.92. The summed E-state index contributed by atoms with van der Waals surface area (Å²) in [7, 11) is 0. The summed E-state index contributed by atoms with van der Waals surface area (Å²) in [5, 5.41) is 0. The molecule has 2 rings (SSSR count). The first-order valence-electron chi connectivity index (χ1n) is 6.00. The lowest BCUT2D eigenvalue weighted by molar-refractivity contribution is 0.736. The molecule has 1 aliphatic heterocycles. The first kappa shape index (κ1) is 11.6. The van der Waals surface area contributed by atoms with E-state index in [0.717, 1.165) is 12.3 Å². The minimum atomic E-state index is 0.829. The van der Waals surface area contributed by atoms with Crippen LogP contribution in [0.4, 0.5) is 5.69 Å². The Kier molecular flexibility index (Phi) is 4.34. The number of hydrogen-bond donors (Lipinski definition) is 1. The van der Waals surface area contributed by atoms with Crippen LogP contribution in [0.3, 0.4) is 0 Å². The molecular formula is C14H19NS. The maximum atomic E-state index is 4.19. The molecule has 0 aliphatic carbocycles. The molecule has 86 valence electrons. The predicted molar refractivity (Wildman–Crippen MR) is 74.6 cm³/mol. The highest BCUT2D eigenvalue weighted by Crippen LogP contribution is 2.25. The van der Waals surface area contributed by atoms with E-state index in [1.165, 1.54) is 37.1 Å². The van der Waals surface area contributed by atoms with Gasteiger partial charge in [-0.2, -0.15) is 12.6 Å². The Hall–Kier alpha value is -0.890. The topological polar surface area (TPSA) is 3.24 Å². The second kappa shape index (κ2) is 6.00. The molecule has 0 atom stereocenters. The van der Waals surface area contributed by atoms with Crippen LogP contribution >= 0.6 is 12.6 Å². The van der Waals surface area contributed by atoms with Crippen molar-refractivity contribution in [3.63, 3.8) is 0 Å². The summed E-state index contributed by atoms with van der Waals surface area (Å²) in [6, 6.07) is 8.79. The summed E-state index contributed by atoms with van der Waals surface area (Å²) in [5.41, 5.74) is 2.92. The molecule has 1 nitrogen and oxygen atoms in total. The van der Waals surface area contributed by atoms with Crippen LogP contribution in [-0.4, -0.2) is 18.8 Å². The van der Waals surface area contributed by atoms with Crippen molar-refractivity contribution in [1.29, 1.82) is 0 Å². The molecule has 0 bridgehead atoms. The second-order valence-corrected chi connectivity index (χ2v) is 4.55. The largest absolute Gasteiger partial charge is 0.368 e. The molecule has 0 aromatic heterocycles. The van der Waals surface area contributed by atoms with Crippen LogP contribution in [0, 0.1) is 0 Å². The normalized spacial score (nSPS) is 16.2. The molecule has 0 N–H and O–H groups in total. The average Bonchev–Trinajstić information content (AvgIpc) is 2.52. The third-order valence-electron chi connectivity index (χ3n) is 3.05. The zero-order chi connectivity index (χ0) is 11.2. The van der Waals surface area contributed by atoms with Crippen molar-refractivity contribution >= 4 is 18.3 Å². The van der Waals surface area contributed by atoms with Crippen molar-refractivity contribution in [3.05, 3.63) is 42.0 Å². The molecule has 0 radical (unpaired) electrons. The van der Waals surface area contributed by atoms with Gasteiger partial charge in [-0.1, -0.05) is 30.4 Å². The minimum Gasteiger partial charge on any atom is -0.368 e. The van der Waals surface area contributed by atoms with Crippen LogP contribution < -0.4 is 4.90 Å². The standard InChI is InChI=1S/C14H19NS/c16-12-6-5-11-15-10-4-3-8-13-7-1-2-9-14(13)15/h1-2,5-7,9,16H,3-4,8,10-12H2. The Labute approximate surface area is 104 Å². The van der Waals surface area contributed by atoms with Crippen molar-refractivity contribution < 1.29 is 0 Å². The van der Waals surface area contributed by atoms with Crippen molar-refractivity contribution in [2.45, 2.75) is 19.3 Å². The molecule has 1 heterocycles. The van der Waals surface area contributed by atoms with Gasteiger partial charge in [0.15, 0.2) is 0 Å². The number of rotatable bonds is 3. The summed E-state index contributed by atoms with van der Waals surface area (Å²) in [6.07, 6.45) is 8.17. The van der Waals surface area contributed by atoms with Gasteiger partial charge in [-0.25, -0.2) is 0 Å². The summed E-state index contributed by atoms with van der Waals surface area (Å²) in [4.78, 5) is 2.47.